The van der Waals surface area contributed by atoms with Crippen molar-refractivity contribution in [2.24, 2.45) is 0 Å². The highest BCUT2D eigenvalue weighted by molar-refractivity contribution is 6.00. The molecule has 2 heterocycles. The number of piperidine rings is 1. The number of hydrogen-bond donors (Lipinski definition) is 1. The Balaban J connectivity index is 1.73. The van der Waals surface area contributed by atoms with Crippen molar-refractivity contribution >= 4 is 5.91 Å². The standard InChI is InChI=1S/C23H26N4O2/c1-24-18-11-13-26(14-12-18)23(28)21-16-27(19-8-4-3-5-9-19)25-22(21)17-7-6-10-20(15-17)29-2/h3-10,15-16,18,24H,11-14H2,1-2H3. The summed E-state index contributed by atoms with van der Waals surface area (Å²) in [7, 11) is 3.62. The van der Waals surface area contributed by atoms with Gasteiger partial charge in [-0.2, -0.15) is 5.10 Å². The van der Waals surface area contributed by atoms with Gasteiger partial charge < -0.3 is 15.0 Å². The van der Waals surface area contributed by atoms with Gasteiger partial charge in [0, 0.05) is 30.9 Å². The van der Waals surface area contributed by atoms with E-state index in [1.54, 1.807) is 11.8 Å². The van der Waals surface area contributed by atoms with Gasteiger partial charge in [0.1, 0.15) is 11.4 Å². The number of aromatic nitrogens is 2. The van der Waals surface area contributed by atoms with E-state index in [0.717, 1.165) is 42.9 Å². The van der Waals surface area contributed by atoms with Crippen LogP contribution in [0.3, 0.4) is 0 Å². The largest absolute Gasteiger partial charge is 0.497 e. The summed E-state index contributed by atoms with van der Waals surface area (Å²) in [4.78, 5) is 15.3. The minimum atomic E-state index is 0.0274. The Morgan fingerprint density at radius 3 is 2.55 bits per heavy atom. The van der Waals surface area contributed by atoms with E-state index >= 15 is 0 Å². The highest BCUT2D eigenvalue weighted by Crippen LogP contribution is 2.28. The van der Waals surface area contributed by atoms with E-state index in [2.05, 4.69) is 5.32 Å². The average molecular weight is 390 g/mol. The van der Waals surface area contributed by atoms with Crippen LogP contribution in [-0.2, 0) is 0 Å². The normalized spacial score (nSPS) is 14.8. The maximum absolute atomic E-state index is 13.4. The molecular weight excluding hydrogens is 364 g/mol. The molecule has 6 nitrogen and oxygen atoms in total. The number of methoxy groups -OCH3 is 1. The third-order valence-corrected chi connectivity index (χ3v) is 5.50. The molecule has 0 unspecified atom stereocenters. The number of carbonyl (C=O) groups is 1. The number of likely N-dealkylation sites (tertiary alicyclic amines) is 1. The zero-order valence-electron chi connectivity index (χ0n) is 16.8. The Hall–Kier alpha value is -3.12. The molecule has 4 rings (SSSR count). The number of benzene rings is 2. The van der Waals surface area contributed by atoms with Crippen LogP contribution in [0.2, 0.25) is 0 Å². The van der Waals surface area contributed by atoms with Crippen LogP contribution in [0.25, 0.3) is 16.9 Å². The van der Waals surface area contributed by atoms with E-state index in [-0.39, 0.29) is 5.91 Å². The summed E-state index contributed by atoms with van der Waals surface area (Å²) in [6, 6.07) is 18.0. The molecule has 0 bridgehead atoms. The molecule has 1 aromatic heterocycles. The van der Waals surface area contributed by atoms with Crippen LogP contribution in [0.15, 0.2) is 60.8 Å². The molecule has 1 amide bonds. The van der Waals surface area contributed by atoms with Gasteiger partial charge in [-0.05, 0) is 44.2 Å². The highest BCUT2D eigenvalue weighted by atomic mass is 16.5. The van der Waals surface area contributed by atoms with Gasteiger partial charge in [0.25, 0.3) is 5.91 Å². The molecule has 2 aromatic carbocycles. The van der Waals surface area contributed by atoms with Gasteiger partial charge in [-0.15, -0.1) is 0 Å². The fourth-order valence-electron chi connectivity index (χ4n) is 3.77. The minimum Gasteiger partial charge on any atom is -0.497 e. The van der Waals surface area contributed by atoms with Gasteiger partial charge in [-0.3, -0.25) is 4.79 Å². The van der Waals surface area contributed by atoms with Gasteiger partial charge in [-0.25, -0.2) is 4.68 Å². The first-order valence-electron chi connectivity index (χ1n) is 9.95. The molecule has 3 aromatic rings. The molecule has 29 heavy (non-hydrogen) atoms. The molecule has 0 atom stereocenters. The molecule has 1 saturated heterocycles. The zero-order chi connectivity index (χ0) is 20.2. The maximum Gasteiger partial charge on any atom is 0.257 e. The number of nitrogens with one attached hydrogen (secondary N) is 1. The molecule has 0 radical (unpaired) electrons. The molecule has 1 aliphatic rings. The van der Waals surface area contributed by atoms with Gasteiger partial charge in [-0.1, -0.05) is 30.3 Å². The summed E-state index contributed by atoms with van der Waals surface area (Å²) in [5, 5.41) is 8.08. The molecule has 1 N–H and O–H groups in total. The number of nitrogens with zero attached hydrogens (tertiary/aromatic N) is 3. The molecule has 0 saturated carbocycles. The molecule has 0 aliphatic carbocycles. The summed E-state index contributed by atoms with van der Waals surface area (Å²) in [6.45, 7) is 1.50. The average Bonchev–Trinajstić information content (AvgIpc) is 3.25. The Bertz CT molecular complexity index is 976. The van der Waals surface area contributed by atoms with Crippen LogP contribution in [0, 0.1) is 0 Å². The van der Waals surface area contributed by atoms with Crippen molar-refractivity contribution in [1.29, 1.82) is 0 Å². The maximum atomic E-state index is 13.4. The lowest BCUT2D eigenvalue weighted by atomic mass is 10.0. The molecule has 6 heteroatoms. The fourth-order valence-corrected chi connectivity index (χ4v) is 3.77. The van der Waals surface area contributed by atoms with E-state index in [9.17, 15) is 4.79 Å². The van der Waals surface area contributed by atoms with Crippen molar-refractivity contribution < 1.29 is 9.53 Å². The Morgan fingerprint density at radius 1 is 1.10 bits per heavy atom. The third kappa shape index (κ3) is 4.03. The lowest BCUT2D eigenvalue weighted by Crippen LogP contribution is -2.44. The van der Waals surface area contributed by atoms with Gasteiger partial charge >= 0.3 is 0 Å². The molecule has 1 fully saturated rings. The minimum absolute atomic E-state index is 0.0274. The quantitative estimate of drug-likeness (QED) is 0.726. The number of amides is 1. The van der Waals surface area contributed by atoms with Crippen molar-refractivity contribution in [2.45, 2.75) is 18.9 Å². The number of ether oxygens (including phenoxy) is 1. The van der Waals surface area contributed by atoms with E-state index in [1.165, 1.54) is 0 Å². The van der Waals surface area contributed by atoms with Crippen molar-refractivity contribution in [2.75, 3.05) is 27.2 Å². The number of carbonyl (C=O) groups excluding carboxylic acids is 1. The predicted molar refractivity (Wildman–Crippen MR) is 114 cm³/mol. The summed E-state index contributed by atoms with van der Waals surface area (Å²) in [6.07, 6.45) is 3.77. The predicted octanol–water partition coefficient (Wildman–Crippen LogP) is 3.37. The number of para-hydroxylation sites is 1. The lowest BCUT2D eigenvalue weighted by Gasteiger charge is -2.31. The second kappa shape index (κ2) is 8.49. The van der Waals surface area contributed by atoms with Crippen LogP contribution in [0.1, 0.15) is 23.2 Å². The van der Waals surface area contributed by atoms with Gasteiger partial charge in [0.2, 0.25) is 0 Å². The lowest BCUT2D eigenvalue weighted by molar-refractivity contribution is 0.0708. The number of hydrogen-bond acceptors (Lipinski definition) is 4. The Morgan fingerprint density at radius 2 is 1.86 bits per heavy atom. The second-order valence-electron chi connectivity index (χ2n) is 7.26. The first-order chi connectivity index (χ1) is 14.2. The topological polar surface area (TPSA) is 59.4 Å². The molecular formula is C23H26N4O2. The van der Waals surface area contributed by atoms with Crippen molar-refractivity contribution in [3.63, 3.8) is 0 Å². The van der Waals surface area contributed by atoms with Crippen LogP contribution in [-0.4, -0.2) is 53.9 Å². The van der Waals surface area contributed by atoms with E-state index in [4.69, 9.17) is 9.84 Å². The first-order valence-corrected chi connectivity index (χ1v) is 9.95. The summed E-state index contributed by atoms with van der Waals surface area (Å²) in [5.74, 6) is 0.768. The van der Waals surface area contributed by atoms with Crippen LogP contribution in [0.5, 0.6) is 5.75 Å². The van der Waals surface area contributed by atoms with Gasteiger partial charge in [0.05, 0.1) is 18.4 Å². The third-order valence-electron chi connectivity index (χ3n) is 5.50. The van der Waals surface area contributed by atoms with Crippen molar-refractivity contribution in [3.8, 4) is 22.7 Å². The zero-order valence-corrected chi connectivity index (χ0v) is 16.8. The highest BCUT2D eigenvalue weighted by Gasteiger charge is 2.27. The molecule has 150 valence electrons. The van der Waals surface area contributed by atoms with Crippen LogP contribution < -0.4 is 10.1 Å². The Labute approximate surface area is 171 Å². The van der Waals surface area contributed by atoms with E-state index < -0.39 is 0 Å². The fraction of sp³-hybridized carbons (Fsp3) is 0.304. The molecule has 0 spiro atoms. The Kier molecular flexibility index (Phi) is 5.62. The second-order valence-corrected chi connectivity index (χ2v) is 7.26. The van der Waals surface area contributed by atoms with Crippen molar-refractivity contribution in [1.82, 2.24) is 20.0 Å². The molecule has 1 aliphatic heterocycles. The monoisotopic (exact) mass is 390 g/mol. The summed E-state index contributed by atoms with van der Waals surface area (Å²) >= 11 is 0. The van der Waals surface area contributed by atoms with Crippen LogP contribution >= 0.6 is 0 Å². The smallest absolute Gasteiger partial charge is 0.257 e. The van der Waals surface area contributed by atoms with E-state index in [1.807, 2.05) is 72.7 Å². The SMILES string of the molecule is CNC1CCN(C(=O)c2cn(-c3ccccc3)nc2-c2cccc(OC)c2)CC1. The summed E-state index contributed by atoms with van der Waals surface area (Å²) in [5.41, 5.74) is 3.08. The van der Waals surface area contributed by atoms with Crippen molar-refractivity contribution in [3.05, 3.63) is 66.4 Å². The number of rotatable bonds is 5. The first kappa shape index (κ1) is 19.2. The van der Waals surface area contributed by atoms with Gasteiger partial charge in [0.15, 0.2) is 0 Å². The summed E-state index contributed by atoms with van der Waals surface area (Å²) < 4.78 is 7.15. The van der Waals surface area contributed by atoms with Crippen LogP contribution in [0.4, 0.5) is 0 Å². The van der Waals surface area contributed by atoms with E-state index in [0.29, 0.717) is 17.3 Å².